The fourth-order valence-electron chi connectivity index (χ4n) is 4.28. The summed E-state index contributed by atoms with van der Waals surface area (Å²) in [6, 6.07) is 6.40. The highest BCUT2D eigenvalue weighted by atomic mass is 19.1. The maximum Gasteiger partial charge on any atom is 0.314 e. The molecule has 0 radical (unpaired) electrons. The zero-order valence-corrected chi connectivity index (χ0v) is 14.5. The van der Waals surface area contributed by atoms with Gasteiger partial charge in [0, 0.05) is 25.0 Å². The Bertz CT molecular complexity index is 643. The number of nitrogens with one attached hydrogen (secondary N) is 1. The number of amides is 3. The molecule has 1 aliphatic carbocycles. The van der Waals surface area contributed by atoms with E-state index in [0.717, 1.165) is 38.5 Å². The smallest absolute Gasteiger partial charge is 0.314 e. The average molecular weight is 347 g/mol. The van der Waals surface area contributed by atoms with Gasteiger partial charge >= 0.3 is 6.03 Å². The quantitative estimate of drug-likeness (QED) is 0.878. The van der Waals surface area contributed by atoms with Crippen LogP contribution < -0.4 is 11.1 Å². The Hall–Kier alpha value is -2.11. The van der Waals surface area contributed by atoms with Gasteiger partial charge in [0.2, 0.25) is 5.91 Å². The lowest BCUT2D eigenvalue weighted by Crippen LogP contribution is -2.49. The molecule has 136 valence electrons. The van der Waals surface area contributed by atoms with Crippen molar-refractivity contribution in [2.45, 2.75) is 43.9 Å². The van der Waals surface area contributed by atoms with Crippen molar-refractivity contribution < 1.29 is 14.0 Å². The van der Waals surface area contributed by atoms with E-state index in [-0.39, 0.29) is 23.1 Å². The molecule has 2 aliphatic rings. The number of nitrogens with two attached hydrogens (primary N) is 1. The van der Waals surface area contributed by atoms with E-state index in [4.69, 9.17) is 5.73 Å². The average Bonchev–Trinajstić information content (AvgIpc) is 3.10. The van der Waals surface area contributed by atoms with E-state index < -0.39 is 6.03 Å². The van der Waals surface area contributed by atoms with E-state index in [1.165, 1.54) is 11.0 Å². The van der Waals surface area contributed by atoms with E-state index in [2.05, 4.69) is 5.32 Å². The highest BCUT2D eigenvalue weighted by Crippen LogP contribution is 2.41. The SMILES string of the molecule is NC(=O)N1CCC[C@@H](C(=O)NCC2(c3ccccc3F)CCCC2)C1. The minimum absolute atomic E-state index is 0.0615. The summed E-state index contributed by atoms with van der Waals surface area (Å²) in [5.41, 5.74) is 5.71. The summed E-state index contributed by atoms with van der Waals surface area (Å²) in [5.74, 6) is -0.495. The van der Waals surface area contributed by atoms with Crippen molar-refractivity contribution in [3.8, 4) is 0 Å². The topological polar surface area (TPSA) is 75.4 Å². The minimum atomic E-state index is -0.476. The first-order valence-corrected chi connectivity index (χ1v) is 9.09. The number of primary amides is 1. The van der Waals surface area contributed by atoms with Crippen LogP contribution in [0.5, 0.6) is 0 Å². The van der Waals surface area contributed by atoms with Gasteiger partial charge in [0.15, 0.2) is 0 Å². The number of halogens is 1. The van der Waals surface area contributed by atoms with Crippen LogP contribution in [0.2, 0.25) is 0 Å². The number of urea groups is 1. The third kappa shape index (κ3) is 3.78. The van der Waals surface area contributed by atoms with Crippen molar-refractivity contribution in [3.05, 3.63) is 35.6 Å². The Labute approximate surface area is 147 Å². The molecule has 1 saturated carbocycles. The first-order chi connectivity index (χ1) is 12.0. The number of carbonyl (C=O) groups excluding carboxylic acids is 2. The Kier molecular flexibility index (Phi) is 5.25. The summed E-state index contributed by atoms with van der Waals surface area (Å²) in [4.78, 5) is 25.5. The molecule has 3 rings (SSSR count). The lowest BCUT2D eigenvalue weighted by atomic mass is 9.78. The molecular formula is C19H26FN3O2. The Morgan fingerprint density at radius 1 is 1.24 bits per heavy atom. The van der Waals surface area contributed by atoms with Gasteiger partial charge in [-0.05, 0) is 37.3 Å². The predicted molar refractivity (Wildman–Crippen MR) is 93.4 cm³/mol. The van der Waals surface area contributed by atoms with Gasteiger partial charge in [0.05, 0.1) is 5.92 Å². The normalized spacial score (nSPS) is 22.6. The molecule has 1 aliphatic heterocycles. The van der Waals surface area contributed by atoms with Gasteiger partial charge in [-0.2, -0.15) is 0 Å². The van der Waals surface area contributed by atoms with Crippen LogP contribution in [0.3, 0.4) is 0 Å². The third-order valence-electron chi connectivity index (χ3n) is 5.71. The molecule has 5 nitrogen and oxygen atoms in total. The van der Waals surface area contributed by atoms with Gasteiger partial charge < -0.3 is 16.0 Å². The number of hydrogen-bond acceptors (Lipinski definition) is 2. The van der Waals surface area contributed by atoms with Crippen LogP contribution in [0, 0.1) is 11.7 Å². The van der Waals surface area contributed by atoms with Crippen molar-refractivity contribution in [1.82, 2.24) is 10.2 Å². The summed E-state index contributed by atoms with van der Waals surface area (Å²) in [7, 11) is 0. The molecule has 3 amide bonds. The van der Waals surface area contributed by atoms with Crippen LogP contribution in [0.4, 0.5) is 9.18 Å². The fraction of sp³-hybridized carbons (Fsp3) is 0.579. The largest absolute Gasteiger partial charge is 0.355 e. The van der Waals surface area contributed by atoms with E-state index in [1.807, 2.05) is 12.1 Å². The molecule has 1 aromatic rings. The number of carbonyl (C=O) groups is 2. The summed E-state index contributed by atoms with van der Waals surface area (Å²) in [6.07, 6.45) is 5.38. The van der Waals surface area contributed by atoms with Crippen molar-refractivity contribution in [3.63, 3.8) is 0 Å². The molecule has 25 heavy (non-hydrogen) atoms. The standard InChI is InChI=1S/C19H26FN3O2/c20-16-8-2-1-7-15(16)19(9-3-4-10-19)13-22-17(24)14-6-5-11-23(12-14)18(21)25/h1-2,7-8,14H,3-6,9-13H2,(H2,21,25)(H,22,24)/t14-/m1/s1. The lowest BCUT2D eigenvalue weighted by Gasteiger charge is -2.33. The molecule has 0 spiro atoms. The van der Waals surface area contributed by atoms with Gasteiger partial charge in [-0.15, -0.1) is 0 Å². The molecule has 1 saturated heterocycles. The second-order valence-corrected chi connectivity index (χ2v) is 7.31. The van der Waals surface area contributed by atoms with Crippen LogP contribution in [-0.4, -0.2) is 36.5 Å². The molecule has 0 aromatic heterocycles. The maximum atomic E-state index is 14.3. The minimum Gasteiger partial charge on any atom is -0.355 e. The molecule has 3 N–H and O–H groups in total. The van der Waals surface area contributed by atoms with E-state index in [0.29, 0.717) is 25.2 Å². The summed E-state index contributed by atoms with van der Waals surface area (Å²) in [5, 5.41) is 3.04. The number of nitrogens with zero attached hydrogens (tertiary/aromatic N) is 1. The zero-order chi connectivity index (χ0) is 17.9. The molecule has 1 aromatic carbocycles. The number of piperidine rings is 1. The Balaban J connectivity index is 1.67. The van der Waals surface area contributed by atoms with Gasteiger partial charge in [-0.25, -0.2) is 9.18 Å². The third-order valence-corrected chi connectivity index (χ3v) is 5.71. The zero-order valence-electron chi connectivity index (χ0n) is 14.5. The van der Waals surface area contributed by atoms with Crippen molar-refractivity contribution in [2.75, 3.05) is 19.6 Å². The number of likely N-dealkylation sites (tertiary alicyclic amines) is 1. The van der Waals surface area contributed by atoms with E-state index >= 15 is 0 Å². The molecule has 0 unspecified atom stereocenters. The first kappa shape index (κ1) is 17.7. The van der Waals surface area contributed by atoms with Gasteiger partial charge in [0.1, 0.15) is 5.82 Å². The molecule has 6 heteroatoms. The molecule has 0 bridgehead atoms. The van der Waals surface area contributed by atoms with Crippen molar-refractivity contribution >= 4 is 11.9 Å². The highest BCUT2D eigenvalue weighted by molar-refractivity contribution is 5.80. The van der Waals surface area contributed by atoms with Gasteiger partial charge in [-0.3, -0.25) is 4.79 Å². The van der Waals surface area contributed by atoms with E-state index in [9.17, 15) is 14.0 Å². The Morgan fingerprint density at radius 2 is 1.96 bits per heavy atom. The fourth-order valence-corrected chi connectivity index (χ4v) is 4.28. The number of hydrogen-bond donors (Lipinski definition) is 2. The molecular weight excluding hydrogens is 321 g/mol. The van der Waals surface area contributed by atoms with Crippen LogP contribution in [0.1, 0.15) is 44.1 Å². The van der Waals surface area contributed by atoms with Gasteiger partial charge in [0.25, 0.3) is 0 Å². The number of benzene rings is 1. The second-order valence-electron chi connectivity index (χ2n) is 7.31. The lowest BCUT2D eigenvalue weighted by molar-refractivity contribution is -0.126. The predicted octanol–water partition coefficient (Wildman–Crippen LogP) is 2.54. The van der Waals surface area contributed by atoms with Crippen molar-refractivity contribution in [1.29, 1.82) is 0 Å². The van der Waals surface area contributed by atoms with Crippen molar-refractivity contribution in [2.24, 2.45) is 11.7 Å². The summed E-state index contributed by atoms with van der Waals surface area (Å²) >= 11 is 0. The molecule has 1 atom stereocenters. The van der Waals surface area contributed by atoms with E-state index in [1.54, 1.807) is 6.07 Å². The van der Waals surface area contributed by atoms with Crippen LogP contribution in [0.25, 0.3) is 0 Å². The molecule has 1 heterocycles. The maximum absolute atomic E-state index is 14.3. The van der Waals surface area contributed by atoms with Crippen LogP contribution in [0.15, 0.2) is 24.3 Å². The van der Waals surface area contributed by atoms with Crippen LogP contribution in [-0.2, 0) is 10.2 Å². The summed E-state index contributed by atoms with van der Waals surface area (Å²) in [6.45, 7) is 1.42. The summed E-state index contributed by atoms with van der Waals surface area (Å²) < 4.78 is 14.3. The monoisotopic (exact) mass is 347 g/mol. The first-order valence-electron chi connectivity index (χ1n) is 9.09. The number of rotatable bonds is 4. The second kappa shape index (κ2) is 7.42. The van der Waals surface area contributed by atoms with Crippen LogP contribution >= 0.6 is 0 Å². The highest BCUT2D eigenvalue weighted by Gasteiger charge is 2.38. The molecule has 2 fully saturated rings. The van der Waals surface area contributed by atoms with Gasteiger partial charge in [-0.1, -0.05) is 31.0 Å². The Morgan fingerprint density at radius 3 is 2.64 bits per heavy atom.